The van der Waals surface area contributed by atoms with Crippen molar-refractivity contribution in [3.8, 4) is 16.8 Å². The van der Waals surface area contributed by atoms with E-state index >= 15 is 0 Å². The molecule has 0 atom stereocenters. The predicted molar refractivity (Wildman–Crippen MR) is 108 cm³/mol. The van der Waals surface area contributed by atoms with Gasteiger partial charge in [-0.1, -0.05) is 42.5 Å². The number of benzene rings is 3. The molecular weight excluding hydrogens is 427 g/mol. The van der Waals surface area contributed by atoms with Crippen LogP contribution in [-0.2, 0) is 0 Å². The monoisotopic (exact) mass is 440 g/mol. The van der Waals surface area contributed by atoms with Gasteiger partial charge in [0.15, 0.2) is 0 Å². The zero-order valence-electron chi connectivity index (χ0n) is 13.1. The van der Waals surface area contributed by atoms with Crippen LogP contribution in [0.1, 0.15) is 0 Å². The summed E-state index contributed by atoms with van der Waals surface area (Å²) in [6, 6.07) is 23.6. The smallest absolute Gasteiger partial charge is 0.283 e. The predicted octanol–water partition coefficient (Wildman–Crippen LogP) is 5.81. The molecule has 4 rings (SSSR count). The first-order chi connectivity index (χ1) is 12.1. The Morgan fingerprint density at radius 1 is 0.920 bits per heavy atom. The molecule has 4 aromatic rings. The number of para-hydroxylation sites is 2. The van der Waals surface area contributed by atoms with Gasteiger partial charge >= 0.3 is 0 Å². The molecule has 0 saturated carbocycles. The normalized spacial score (nSPS) is 10.9. The average molecular weight is 440 g/mol. The van der Waals surface area contributed by atoms with E-state index in [-0.39, 0.29) is 10.6 Å². The number of aromatic nitrogens is 1. The van der Waals surface area contributed by atoms with Crippen molar-refractivity contribution >= 4 is 39.2 Å². The highest BCUT2D eigenvalue weighted by Crippen LogP contribution is 2.35. The number of nitro groups is 1. The largest absolute Gasteiger partial charge is 0.316 e. The summed E-state index contributed by atoms with van der Waals surface area (Å²) < 4.78 is 2.76. The fourth-order valence-corrected chi connectivity index (χ4v) is 3.56. The molecule has 0 unspecified atom stereocenters. The lowest BCUT2D eigenvalue weighted by atomic mass is 10.0. The molecule has 0 aliphatic heterocycles. The molecule has 122 valence electrons. The van der Waals surface area contributed by atoms with Crippen molar-refractivity contribution in [3.63, 3.8) is 0 Å². The van der Waals surface area contributed by atoms with E-state index in [2.05, 4.69) is 10.6 Å². The quantitative estimate of drug-likeness (QED) is 0.229. The summed E-state index contributed by atoms with van der Waals surface area (Å²) in [5.74, 6) is 0. The lowest BCUT2D eigenvalue weighted by molar-refractivity contribution is -0.385. The zero-order valence-corrected chi connectivity index (χ0v) is 15.3. The van der Waals surface area contributed by atoms with E-state index in [0.717, 1.165) is 27.7 Å². The second kappa shape index (κ2) is 6.33. The molecule has 3 aromatic carbocycles. The third-order valence-corrected chi connectivity index (χ3v) is 5.11. The minimum atomic E-state index is -0.332. The molecular formula is C20H13IN2O2. The Labute approximate surface area is 158 Å². The van der Waals surface area contributed by atoms with Crippen LogP contribution in [-0.4, -0.2) is 9.49 Å². The van der Waals surface area contributed by atoms with Crippen molar-refractivity contribution < 1.29 is 4.92 Å². The van der Waals surface area contributed by atoms with E-state index in [1.54, 1.807) is 12.1 Å². The first kappa shape index (κ1) is 15.8. The Balaban J connectivity index is 1.98. The lowest BCUT2D eigenvalue weighted by Crippen LogP contribution is -1.92. The van der Waals surface area contributed by atoms with E-state index < -0.39 is 0 Å². The second-order valence-corrected chi connectivity index (χ2v) is 6.85. The third-order valence-electron chi connectivity index (χ3n) is 4.20. The summed E-state index contributed by atoms with van der Waals surface area (Å²) in [5, 5.41) is 12.4. The van der Waals surface area contributed by atoms with Crippen molar-refractivity contribution in [1.29, 1.82) is 0 Å². The molecule has 1 heterocycles. The van der Waals surface area contributed by atoms with E-state index in [4.69, 9.17) is 0 Å². The van der Waals surface area contributed by atoms with Gasteiger partial charge in [-0.05, 0) is 52.4 Å². The van der Waals surface area contributed by atoms with Crippen LogP contribution in [0.2, 0.25) is 0 Å². The van der Waals surface area contributed by atoms with Gasteiger partial charge in [0, 0.05) is 28.9 Å². The molecule has 0 radical (unpaired) electrons. The van der Waals surface area contributed by atoms with Gasteiger partial charge in [0.05, 0.1) is 14.0 Å². The molecule has 0 N–H and O–H groups in total. The van der Waals surface area contributed by atoms with Crippen molar-refractivity contribution in [3.05, 3.63) is 92.7 Å². The maximum Gasteiger partial charge on any atom is 0.283 e. The molecule has 1 aromatic heterocycles. The first-order valence-corrected chi connectivity index (χ1v) is 8.83. The highest BCUT2D eigenvalue weighted by molar-refractivity contribution is 14.1. The zero-order chi connectivity index (χ0) is 17.4. The number of halogens is 1. The Morgan fingerprint density at radius 3 is 2.40 bits per heavy atom. The number of nitrogens with zero attached hydrogens (tertiary/aromatic N) is 2. The van der Waals surface area contributed by atoms with Crippen molar-refractivity contribution in [2.45, 2.75) is 0 Å². The van der Waals surface area contributed by atoms with Gasteiger partial charge in [-0.25, -0.2) is 0 Å². The molecule has 0 fully saturated rings. The Hall–Kier alpha value is -2.67. The number of rotatable bonds is 3. The van der Waals surface area contributed by atoms with Crippen LogP contribution in [0.4, 0.5) is 5.69 Å². The number of hydrogen-bond acceptors (Lipinski definition) is 2. The summed E-state index contributed by atoms with van der Waals surface area (Å²) in [4.78, 5) is 11.0. The Morgan fingerprint density at radius 2 is 1.64 bits per heavy atom. The first-order valence-electron chi connectivity index (χ1n) is 7.75. The van der Waals surface area contributed by atoms with Gasteiger partial charge in [-0.3, -0.25) is 10.1 Å². The lowest BCUT2D eigenvalue weighted by Gasteiger charge is -2.04. The van der Waals surface area contributed by atoms with Crippen molar-refractivity contribution in [1.82, 2.24) is 4.57 Å². The molecule has 25 heavy (non-hydrogen) atoms. The highest BCUT2D eigenvalue weighted by Gasteiger charge is 2.16. The second-order valence-electron chi connectivity index (χ2n) is 5.69. The van der Waals surface area contributed by atoms with Crippen LogP contribution < -0.4 is 0 Å². The topological polar surface area (TPSA) is 48.1 Å². The van der Waals surface area contributed by atoms with Gasteiger partial charge < -0.3 is 4.57 Å². The minimum absolute atomic E-state index is 0.134. The molecule has 0 amide bonds. The Kier molecular flexibility index (Phi) is 4.01. The SMILES string of the molecule is O=[N+]([O-])c1cc(-c2cn(-c3ccccc3)c3ccccc23)ccc1I. The molecule has 0 spiro atoms. The molecule has 4 nitrogen and oxygen atoms in total. The van der Waals surface area contributed by atoms with Crippen LogP contribution in [0.15, 0.2) is 79.0 Å². The molecule has 0 aliphatic rings. The van der Waals surface area contributed by atoms with Gasteiger partial charge in [-0.2, -0.15) is 0 Å². The number of hydrogen-bond donors (Lipinski definition) is 0. The van der Waals surface area contributed by atoms with E-state index in [0.29, 0.717) is 3.57 Å². The van der Waals surface area contributed by atoms with Crippen LogP contribution in [0, 0.1) is 13.7 Å². The molecule has 5 heteroatoms. The van der Waals surface area contributed by atoms with Crippen LogP contribution >= 0.6 is 22.6 Å². The molecule has 0 saturated heterocycles. The summed E-state index contributed by atoms with van der Waals surface area (Å²) in [6.45, 7) is 0. The minimum Gasteiger partial charge on any atom is -0.316 e. The fraction of sp³-hybridized carbons (Fsp3) is 0. The standard InChI is InChI=1S/C20H13IN2O2/c21-18-11-10-14(12-20(18)23(24)25)17-13-22(15-6-2-1-3-7-15)19-9-5-4-8-16(17)19/h1-13H. The van der Waals surface area contributed by atoms with Crippen molar-refractivity contribution in [2.75, 3.05) is 0 Å². The number of nitro benzene ring substituents is 1. The summed E-state index contributed by atoms with van der Waals surface area (Å²) in [5.41, 5.74) is 4.10. The molecule has 0 aliphatic carbocycles. The summed E-state index contributed by atoms with van der Waals surface area (Å²) in [7, 11) is 0. The summed E-state index contributed by atoms with van der Waals surface area (Å²) >= 11 is 2.00. The van der Waals surface area contributed by atoms with E-state index in [1.807, 2.05) is 83.4 Å². The summed E-state index contributed by atoms with van der Waals surface area (Å²) in [6.07, 6.45) is 2.05. The van der Waals surface area contributed by atoms with E-state index in [9.17, 15) is 10.1 Å². The van der Waals surface area contributed by atoms with Crippen LogP contribution in [0.25, 0.3) is 27.7 Å². The highest BCUT2D eigenvalue weighted by atomic mass is 127. The fourth-order valence-electron chi connectivity index (χ4n) is 3.03. The van der Waals surface area contributed by atoms with Crippen molar-refractivity contribution in [2.24, 2.45) is 0 Å². The molecule has 0 bridgehead atoms. The average Bonchev–Trinajstić information content (AvgIpc) is 3.02. The maximum atomic E-state index is 11.3. The van der Waals surface area contributed by atoms with Gasteiger partial charge in [0.2, 0.25) is 0 Å². The third kappa shape index (κ3) is 2.80. The van der Waals surface area contributed by atoms with E-state index in [1.165, 1.54) is 0 Å². The van der Waals surface area contributed by atoms with Gasteiger partial charge in [0.25, 0.3) is 5.69 Å². The van der Waals surface area contributed by atoms with Gasteiger partial charge in [0.1, 0.15) is 0 Å². The van der Waals surface area contributed by atoms with Crippen LogP contribution in [0.5, 0.6) is 0 Å². The number of fused-ring (bicyclic) bond motifs is 1. The van der Waals surface area contributed by atoms with Crippen LogP contribution in [0.3, 0.4) is 0 Å². The maximum absolute atomic E-state index is 11.3. The Bertz CT molecular complexity index is 1090. The van der Waals surface area contributed by atoms with Gasteiger partial charge in [-0.15, -0.1) is 0 Å².